The molecule has 0 spiro atoms. The number of benzene rings is 2. The molecule has 0 aromatic heterocycles. The molecule has 1 fully saturated rings. The lowest BCUT2D eigenvalue weighted by Gasteiger charge is -2.42. The van der Waals surface area contributed by atoms with Crippen molar-refractivity contribution in [2.24, 2.45) is 0 Å². The number of phenolic OH excluding ortho intramolecular Hbond substituents is 2. The van der Waals surface area contributed by atoms with Crippen molar-refractivity contribution in [1.29, 1.82) is 0 Å². The predicted octanol–water partition coefficient (Wildman–Crippen LogP) is 7.45. The summed E-state index contributed by atoms with van der Waals surface area (Å²) in [5.74, 6) is 1.59. The number of piperazine rings is 1. The van der Waals surface area contributed by atoms with Crippen LogP contribution in [0.3, 0.4) is 0 Å². The van der Waals surface area contributed by atoms with Gasteiger partial charge < -0.3 is 10.2 Å². The zero-order chi connectivity index (χ0) is 26.7. The Morgan fingerprint density at radius 3 is 1.78 bits per heavy atom. The molecule has 2 aromatic rings. The van der Waals surface area contributed by atoms with E-state index in [0.29, 0.717) is 29.4 Å². The van der Waals surface area contributed by atoms with Gasteiger partial charge in [0, 0.05) is 38.8 Å². The largest absolute Gasteiger partial charge is 0.507 e. The summed E-state index contributed by atoms with van der Waals surface area (Å²) in [7, 11) is 0. The molecule has 200 valence electrons. The average Bonchev–Trinajstić information content (AvgIpc) is 2.83. The van der Waals surface area contributed by atoms with Crippen molar-refractivity contribution in [2.45, 2.75) is 113 Å². The zero-order valence-corrected chi connectivity index (χ0v) is 24.3. The van der Waals surface area contributed by atoms with Crippen LogP contribution in [0.5, 0.6) is 11.5 Å². The summed E-state index contributed by atoms with van der Waals surface area (Å²) < 4.78 is 0. The number of nitrogens with zero attached hydrogens (tertiary/aromatic N) is 2. The molecule has 1 aliphatic heterocycles. The summed E-state index contributed by atoms with van der Waals surface area (Å²) in [6.07, 6.45) is 3.62. The SMILES string of the molecule is CCCCC1CN(Cc2c(C)cc(C(C)C)c(O)c2C)CCN1Cc1c(C)cc(C(C)C)c(O)c1C. The first-order chi connectivity index (χ1) is 17.0. The molecule has 36 heavy (non-hydrogen) atoms. The fraction of sp³-hybridized carbons (Fsp3) is 0.625. The molecule has 0 bridgehead atoms. The Hall–Kier alpha value is -2.04. The molecule has 0 radical (unpaired) electrons. The van der Waals surface area contributed by atoms with E-state index in [1.54, 1.807) is 0 Å². The molecule has 2 N–H and O–H groups in total. The van der Waals surface area contributed by atoms with E-state index in [2.05, 4.69) is 84.2 Å². The molecule has 1 saturated heterocycles. The molecule has 1 unspecified atom stereocenters. The van der Waals surface area contributed by atoms with E-state index in [1.165, 1.54) is 41.5 Å². The van der Waals surface area contributed by atoms with Crippen LogP contribution in [0.2, 0.25) is 0 Å². The van der Waals surface area contributed by atoms with Crippen LogP contribution < -0.4 is 0 Å². The summed E-state index contributed by atoms with van der Waals surface area (Å²) in [5, 5.41) is 21.8. The maximum Gasteiger partial charge on any atom is 0.122 e. The van der Waals surface area contributed by atoms with Crippen LogP contribution in [0.15, 0.2) is 12.1 Å². The normalized spacial score (nSPS) is 17.5. The van der Waals surface area contributed by atoms with E-state index >= 15 is 0 Å². The Labute approximate surface area is 220 Å². The van der Waals surface area contributed by atoms with Crippen LogP contribution in [-0.4, -0.2) is 45.7 Å². The molecule has 4 nitrogen and oxygen atoms in total. The van der Waals surface area contributed by atoms with Gasteiger partial charge in [0.25, 0.3) is 0 Å². The van der Waals surface area contributed by atoms with Crippen molar-refractivity contribution >= 4 is 0 Å². The quantitative estimate of drug-likeness (QED) is 0.380. The second kappa shape index (κ2) is 12.0. The summed E-state index contributed by atoms with van der Waals surface area (Å²) in [6, 6.07) is 4.87. The Morgan fingerprint density at radius 2 is 1.31 bits per heavy atom. The van der Waals surface area contributed by atoms with Crippen LogP contribution in [0.4, 0.5) is 0 Å². The highest BCUT2D eigenvalue weighted by atomic mass is 16.3. The standard InChI is InChI=1S/C32H50N2O2/c1-10-11-12-26-17-33(18-29-22(6)15-27(20(2)3)31(35)24(29)8)13-14-34(26)19-30-23(7)16-28(21(4)5)32(36)25(30)9/h15-16,20-21,26,35-36H,10-14,17-19H2,1-9H3. The third-order valence-corrected chi connectivity index (χ3v) is 8.43. The minimum Gasteiger partial charge on any atom is -0.507 e. The van der Waals surface area contributed by atoms with E-state index in [0.717, 1.165) is 55.0 Å². The molecule has 0 amide bonds. The van der Waals surface area contributed by atoms with Gasteiger partial charge in [-0.3, -0.25) is 9.80 Å². The minimum atomic E-state index is 0.318. The van der Waals surface area contributed by atoms with Gasteiger partial charge in [-0.05, 0) is 90.5 Å². The first-order valence-corrected chi connectivity index (χ1v) is 14.1. The van der Waals surface area contributed by atoms with Gasteiger partial charge in [0.15, 0.2) is 0 Å². The van der Waals surface area contributed by atoms with E-state index in [9.17, 15) is 10.2 Å². The summed E-state index contributed by atoms with van der Waals surface area (Å²) in [4.78, 5) is 5.23. The molecule has 0 saturated carbocycles. The third-order valence-electron chi connectivity index (χ3n) is 8.43. The van der Waals surface area contributed by atoms with E-state index in [-0.39, 0.29) is 0 Å². The van der Waals surface area contributed by atoms with Crippen LogP contribution >= 0.6 is 0 Å². The summed E-state index contributed by atoms with van der Waals surface area (Å²) in [5.41, 5.74) is 9.33. The van der Waals surface area contributed by atoms with E-state index < -0.39 is 0 Å². The number of hydrogen-bond acceptors (Lipinski definition) is 4. The van der Waals surface area contributed by atoms with Crippen LogP contribution in [0.25, 0.3) is 0 Å². The monoisotopic (exact) mass is 494 g/mol. The van der Waals surface area contributed by atoms with Crippen LogP contribution in [-0.2, 0) is 13.1 Å². The molecule has 0 aliphatic carbocycles. The Morgan fingerprint density at radius 1 is 0.806 bits per heavy atom. The van der Waals surface area contributed by atoms with Crippen molar-refractivity contribution in [1.82, 2.24) is 9.80 Å². The molecule has 3 rings (SSSR count). The summed E-state index contributed by atoms with van der Waals surface area (Å²) >= 11 is 0. The van der Waals surface area contributed by atoms with Gasteiger partial charge in [0.2, 0.25) is 0 Å². The summed E-state index contributed by atoms with van der Waals surface area (Å²) in [6.45, 7) is 24.3. The predicted molar refractivity (Wildman–Crippen MR) is 152 cm³/mol. The number of aryl methyl sites for hydroxylation is 2. The van der Waals surface area contributed by atoms with Crippen molar-refractivity contribution in [3.63, 3.8) is 0 Å². The molecular weight excluding hydrogens is 444 g/mol. The van der Waals surface area contributed by atoms with E-state index in [4.69, 9.17) is 0 Å². The minimum absolute atomic E-state index is 0.318. The molecular formula is C32H50N2O2. The molecule has 4 heteroatoms. The highest BCUT2D eigenvalue weighted by Gasteiger charge is 2.29. The lowest BCUT2D eigenvalue weighted by molar-refractivity contribution is 0.0578. The topological polar surface area (TPSA) is 46.9 Å². The molecule has 2 aromatic carbocycles. The van der Waals surface area contributed by atoms with Gasteiger partial charge in [-0.1, -0.05) is 59.6 Å². The van der Waals surface area contributed by atoms with Crippen LogP contribution in [0, 0.1) is 27.7 Å². The van der Waals surface area contributed by atoms with Gasteiger partial charge in [-0.25, -0.2) is 0 Å². The Bertz CT molecular complexity index is 1060. The van der Waals surface area contributed by atoms with Crippen molar-refractivity contribution in [3.05, 3.63) is 56.6 Å². The van der Waals surface area contributed by atoms with Gasteiger partial charge in [-0.2, -0.15) is 0 Å². The lowest BCUT2D eigenvalue weighted by atomic mass is 9.91. The second-order valence-electron chi connectivity index (χ2n) is 11.8. The second-order valence-corrected chi connectivity index (χ2v) is 11.8. The molecule has 1 atom stereocenters. The first-order valence-electron chi connectivity index (χ1n) is 14.1. The van der Waals surface area contributed by atoms with Gasteiger partial charge in [-0.15, -0.1) is 0 Å². The van der Waals surface area contributed by atoms with Crippen molar-refractivity contribution in [3.8, 4) is 11.5 Å². The number of phenols is 2. The zero-order valence-electron chi connectivity index (χ0n) is 24.3. The van der Waals surface area contributed by atoms with Crippen LogP contribution in [0.1, 0.15) is 110 Å². The fourth-order valence-corrected chi connectivity index (χ4v) is 5.90. The van der Waals surface area contributed by atoms with Gasteiger partial charge in [0.1, 0.15) is 11.5 Å². The molecule has 1 aliphatic rings. The average molecular weight is 495 g/mol. The Balaban J connectivity index is 1.81. The third kappa shape index (κ3) is 6.08. The lowest BCUT2D eigenvalue weighted by Crippen LogP contribution is -2.52. The van der Waals surface area contributed by atoms with E-state index in [1.807, 2.05) is 0 Å². The highest BCUT2D eigenvalue weighted by Crippen LogP contribution is 2.36. The smallest absolute Gasteiger partial charge is 0.122 e. The number of rotatable bonds is 9. The maximum absolute atomic E-state index is 10.9. The van der Waals surface area contributed by atoms with Crippen molar-refractivity contribution in [2.75, 3.05) is 19.6 Å². The van der Waals surface area contributed by atoms with Crippen molar-refractivity contribution < 1.29 is 10.2 Å². The fourth-order valence-electron chi connectivity index (χ4n) is 5.90. The number of hydrogen-bond donors (Lipinski definition) is 2. The highest BCUT2D eigenvalue weighted by molar-refractivity contribution is 5.51. The molecule has 1 heterocycles. The van der Waals surface area contributed by atoms with Gasteiger partial charge in [0.05, 0.1) is 0 Å². The maximum atomic E-state index is 10.9. The van der Waals surface area contributed by atoms with Gasteiger partial charge >= 0.3 is 0 Å². The Kier molecular flexibility index (Phi) is 9.51. The number of unbranched alkanes of at least 4 members (excludes halogenated alkanes) is 1. The number of aromatic hydroxyl groups is 2. The first kappa shape index (κ1) is 28.5.